The first-order valence-electron chi connectivity index (χ1n) is 12.5. The molecule has 4 aromatic carbocycles. The van der Waals surface area contributed by atoms with E-state index in [9.17, 15) is 14.7 Å². The Kier molecular flexibility index (Phi) is 10.3. The van der Waals surface area contributed by atoms with Crippen LogP contribution in [0.3, 0.4) is 0 Å². The fourth-order valence-corrected chi connectivity index (χ4v) is 4.61. The van der Waals surface area contributed by atoms with Crippen LogP contribution in [0.1, 0.15) is 11.7 Å². The number of anilines is 3. The van der Waals surface area contributed by atoms with Gasteiger partial charge >= 0.3 is 6.09 Å². The van der Waals surface area contributed by atoms with Crippen LogP contribution in [0.5, 0.6) is 11.5 Å². The summed E-state index contributed by atoms with van der Waals surface area (Å²) in [5.41, 5.74) is 7.61. The topological polar surface area (TPSA) is 123 Å². The number of ether oxygens (including phenoxy) is 2. The van der Waals surface area contributed by atoms with E-state index in [4.69, 9.17) is 15.2 Å². The quantitative estimate of drug-likeness (QED) is 0.0815. The van der Waals surface area contributed by atoms with Crippen LogP contribution in [0.2, 0.25) is 0 Å². The number of carbonyl (C=O) groups is 2. The Morgan fingerprint density at radius 1 is 0.951 bits per heavy atom. The first-order valence-corrected chi connectivity index (χ1v) is 14.5. The highest BCUT2D eigenvalue weighted by Gasteiger charge is 2.30. The Labute approximate surface area is 250 Å². The highest BCUT2D eigenvalue weighted by molar-refractivity contribution is 9.10. The van der Waals surface area contributed by atoms with E-state index in [0.717, 1.165) is 4.90 Å². The number of phenols is 1. The first-order chi connectivity index (χ1) is 19.8. The summed E-state index contributed by atoms with van der Waals surface area (Å²) in [6, 6.07) is 27.8. The van der Waals surface area contributed by atoms with Gasteiger partial charge < -0.3 is 25.6 Å². The van der Waals surface area contributed by atoms with E-state index in [1.165, 1.54) is 18.2 Å². The molecule has 0 saturated carbocycles. The smallest absolute Gasteiger partial charge is 0.412 e. The van der Waals surface area contributed by atoms with E-state index in [0.29, 0.717) is 27.3 Å². The maximum atomic E-state index is 13.1. The largest absolute Gasteiger partial charge is 0.508 e. The van der Waals surface area contributed by atoms with Crippen molar-refractivity contribution in [3.8, 4) is 11.5 Å². The first kappa shape index (κ1) is 29.6. The van der Waals surface area contributed by atoms with E-state index < -0.39 is 24.2 Å². The molecule has 0 fully saturated rings. The number of nitrogens with two attached hydrogens (primary N) is 1. The number of amides is 2. The fraction of sp³-hybridized carbons (Fsp3) is 0.0968. The maximum absolute atomic E-state index is 13.1. The molecule has 0 aliphatic heterocycles. The minimum atomic E-state index is -1.16. The molecule has 0 aromatic heterocycles. The maximum Gasteiger partial charge on any atom is 0.412 e. The predicted molar refractivity (Wildman–Crippen MR) is 166 cm³/mol. The second-order valence-corrected chi connectivity index (χ2v) is 10.5. The van der Waals surface area contributed by atoms with Gasteiger partial charge in [0.25, 0.3) is 0 Å². The number of aromatic hydroxyl groups is 1. The van der Waals surface area contributed by atoms with Crippen molar-refractivity contribution in [1.29, 1.82) is 0 Å². The molecular formula is C31H28BrN3O5S. The second-order valence-electron chi connectivity index (χ2n) is 8.71. The summed E-state index contributed by atoms with van der Waals surface area (Å²) >= 11 is 5.00. The Morgan fingerprint density at radius 2 is 1.66 bits per heavy atom. The van der Waals surface area contributed by atoms with Crippen molar-refractivity contribution in [2.75, 3.05) is 22.6 Å². The minimum Gasteiger partial charge on any atom is -0.508 e. The number of benzene rings is 4. The van der Waals surface area contributed by atoms with Crippen LogP contribution in [0, 0.1) is 0 Å². The van der Waals surface area contributed by atoms with Gasteiger partial charge in [0.2, 0.25) is 5.91 Å². The normalized spacial score (nSPS) is 12.3. The number of nitrogen functional groups attached to an aromatic ring is 1. The van der Waals surface area contributed by atoms with Crippen molar-refractivity contribution in [1.82, 2.24) is 0 Å². The Morgan fingerprint density at radius 3 is 2.37 bits per heavy atom. The van der Waals surface area contributed by atoms with Crippen molar-refractivity contribution in [2.45, 2.75) is 17.1 Å². The molecule has 0 spiro atoms. The Balaban J connectivity index is 1.66. The molecule has 0 heterocycles. The molecule has 4 aromatic rings. The lowest BCUT2D eigenvalue weighted by atomic mass is 10.0. The van der Waals surface area contributed by atoms with Crippen molar-refractivity contribution in [3.05, 3.63) is 119 Å². The van der Waals surface area contributed by atoms with Crippen LogP contribution in [-0.4, -0.2) is 29.5 Å². The van der Waals surface area contributed by atoms with Crippen molar-refractivity contribution < 1.29 is 24.2 Å². The lowest BCUT2D eigenvalue weighted by Gasteiger charge is -2.27. The minimum absolute atomic E-state index is 0.119. The SMILES string of the molecule is CSc1ccc(NC(=O)O[C@H](c2cc(Br)ccc2O)[C@@H](/C=C/C(=O)Nc2ccccc2N)Oc2ccccc2)cc1. The van der Waals surface area contributed by atoms with Gasteiger partial charge in [-0.3, -0.25) is 10.1 Å². The molecule has 4 rings (SSSR count). The molecule has 0 radical (unpaired) electrons. The predicted octanol–water partition coefficient (Wildman–Crippen LogP) is 7.39. The molecular weight excluding hydrogens is 606 g/mol. The third-order valence-corrected chi connectivity index (χ3v) is 7.07. The number of hydrogen-bond donors (Lipinski definition) is 4. The molecule has 0 aliphatic rings. The molecule has 10 heteroatoms. The Bertz CT molecular complexity index is 1520. The van der Waals surface area contributed by atoms with Crippen LogP contribution in [0.15, 0.2) is 119 Å². The van der Waals surface area contributed by atoms with Crippen LogP contribution in [0.25, 0.3) is 0 Å². The average Bonchev–Trinajstić information content (AvgIpc) is 2.97. The monoisotopic (exact) mass is 633 g/mol. The number of hydrogen-bond acceptors (Lipinski definition) is 7. The van der Waals surface area contributed by atoms with E-state index >= 15 is 0 Å². The summed E-state index contributed by atoms with van der Waals surface area (Å²) in [5.74, 6) is -0.127. The third kappa shape index (κ3) is 8.54. The number of nitrogens with one attached hydrogen (secondary N) is 2. The van der Waals surface area contributed by atoms with Gasteiger partial charge in [-0.1, -0.05) is 46.3 Å². The number of phenolic OH excluding ortho intramolecular Hbond substituents is 1. The summed E-state index contributed by atoms with van der Waals surface area (Å²) in [4.78, 5) is 27.0. The van der Waals surface area contributed by atoms with E-state index in [1.54, 1.807) is 84.6 Å². The summed E-state index contributed by atoms with van der Waals surface area (Å²) < 4.78 is 12.7. The highest BCUT2D eigenvalue weighted by atomic mass is 79.9. The van der Waals surface area contributed by atoms with Crippen molar-refractivity contribution >= 4 is 56.8 Å². The summed E-state index contributed by atoms with van der Waals surface area (Å²) in [6.07, 6.45) is 1.73. The van der Waals surface area contributed by atoms with E-state index in [-0.39, 0.29) is 11.3 Å². The number of halogens is 1. The molecule has 41 heavy (non-hydrogen) atoms. The van der Waals surface area contributed by atoms with Gasteiger partial charge in [0.15, 0.2) is 12.2 Å². The van der Waals surface area contributed by atoms with Gasteiger partial charge in [0.05, 0.1) is 11.4 Å². The highest BCUT2D eigenvalue weighted by Crippen LogP contribution is 2.35. The molecule has 2 atom stereocenters. The lowest BCUT2D eigenvalue weighted by molar-refractivity contribution is -0.112. The van der Waals surface area contributed by atoms with Crippen molar-refractivity contribution in [2.24, 2.45) is 0 Å². The Hall–Kier alpha value is -4.41. The number of carbonyl (C=O) groups excluding carboxylic acids is 2. The van der Waals surface area contributed by atoms with Crippen LogP contribution in [-0.2, 0) is 9.53 Å². The zero-order valence-electron chi connectivity index (χ0n) is 22.0. The molecule has 0 bridgehead atoms. The molecule has 8 nitrogen and oxygen atoms in total. The van der Waals surface area contributed by atoms with Crippen LogP contribution < -0.4 is 21.1 Å². The summed E-state index contributed by atoms with van der Waals surface area (Å²) in [7, 11) is 0. The van der Waals surface area contributed by atoms with E-state index in [2.05, 4.69) is 26.6 Å². The van der Waals surface area contributed by atoms with Crippen LogP contribution >= 0.6 is 27.7 Å². The number of para-hydroxylation sites is 3. The molecule has 210 valence electrons. The lowest BCUT2D eigenvalue weighted by Crippen LogP contribution is -2.30. The molecule has 0 saturated heterocycles. The summed E-state index contributed by atoms with van der Waals surface area (Å²) in [6.45, 7) is 0. The summed E-state index contributed by atoms with van der Waals surface area (Å²) in [5, 5.41) is 16.2. The van der Waals surface area contributed by atoms with Crippen molar-refractivity contribution in [3.63, 3.8) is 0 Å². The molecule has 5 N–H and O–H groups in total. The third-order valence-electron chi connectivity index (χ3n) is 5.84. The van der Waals surface area contributed by atoms with Gasteiger partial charge in [0.1, 0.15) is 11.5 Å². The second kappa shape index (κ2) is 14.3. The average molecular weight is 635 g/mol. The molecule has 2 amide bonds. The van der Waals surface area contributed by atoms with Gasteiger partial charge in [-0.2, -0.15) is 0 Å². The van der Waals surface area contributed by atoms with Gasteiger partial charge in [-0.05, 0) is 79.1 Å². The molecule has 0 unspecified atom stereocenters. The standard InChI is InChI=1S/C31H28BrN3O5S/c1-41-23-14-12-21(13-15-23)34-31(38)40-30(24-19-20(32)11-16-27(24)36)28(39-22-7-3-2-4-8-22)17-18-29(37)35-26-10-6-5-9-25(26)33/h2-19,28,30,36H,33H2,1H3,(H,34,38)(H,35,37)/b18-17+/t28-,30-/m1/s1. The zero-order valence-corrected chi connectivity index (χ0v) is 24.4. The van der Waals surface area contributed by atoms with E-state index in [1.807, 2.05) is 24.5 Å². The fourth-order valence-electron chi connectivity index (χ4n) is 3.82. The van der Waals surface area contributed by atoms with Gasteiger partial charge in [-0.15, -0.1) is 11.8 Å². The van der Waals surface area contributed by atoms with Gasteiger partial charge in [-0.25, -0.2) is 4.79 Å². The van der Waals surface area contributed by atoms with Crippen LogP contribution in [0.4, 0.5) is 21.9 Å². The van der Waals surface area contributed by atoms with Gasteiger partial charge in [0, 0.05) is 26.7 Å². The number of rotatable bonds is 10. The number of thioether (sulfide) groups is 1. The molecule has 0 aliphatic carbocycles. The zero-order chi connectivity index (χ0) is 29.2.